The lowest BCUT2D eigenvalue weighted by molar-refractivity contribution is 0.123. The fraction of sp³-hybridized carbons (Fsp3) is 0.611. The molecule has 0 radical (unpaired) electrons. The van der Waals surface area contributed by atoms with Gasteiger partial charge in [0.05, 0.1) is 18.8 Å². The average Bonchev–Trinajstić information content (AvgIpc) is 3.30. The normalized spacial score (nSPS) is 18.6. The van der Waals surface area contributed by atoms with E-state index in [9.17, 15) is 4.79 Å². The van der Waals surface area contributed by atoms with Gasteiger partial charge in [0.2, 0.25) is 0 Å². The molecule has 0 amide bonds. The Morgan fingerprint density at radius 2 is 1.72 bits per heavy atom. The lowest BCUT2D eigenvalue weighted by atomic mass is 10.2. The fourth-order valence-corrected chi connectivity index (χ4v) is 3.75. The molecule has 1 aliphatic carbocycles. The summed E-state index contributed by atoms with van der Waals surface area (Å²) in [5.74, 6) is 0. The molecular weight excluding hydrogens is 316 g/mol. The van der Waals surface area contributed by atoms with Crippen molar-refractivity contribution in [3.63, 3.8) is 0 Å². The number of aromatic nitrogens is 4. The molecule has 0 atom stereocenters. The zero-order chi connectivity index (χ0) is 17.1. The summed E-state index contributed by atoms with van der Waals surface area (Å²) in [5, 5.41) is 8.82. The molecule has 0 aromatic carbocycles. The molecule has 2 aromatic rings. The van der Waals surface area contributed by atoms with E-state index in [4.69, 9.17) is 0 Å². The highest BCUT2D eigenvalue weighted by Crippen LogP contribution is 2.16. The topological polar surface area (TPSA) is 59.2 Å². The van der Waals surface area contributed by atoms with Crippen molar-refractivity contribution in [2.45, 2.75) is 32.4 Å². The number of hydrogen-bond donors (Lipinski definition) is 0. The van der Waals surface area contributed by atoms with E-state index in [0.717, 1.165) is 76.3 Å². The smallest absolute Gasteiger partial charge is 0.267 e. The second-order valence-corrected chi connectivity index (χ2v) is 6.98. The zero-order valence-corrected chi connectivity index (χ0v) is 14.7. The Bertz CT molecular complexity index is 745. The highest BCUT2D eigenvalue weighted by Gasteiger charge is 2.18. The largest absolute Gasteiger partial charge is 0.299 e. The van der Waals surface area contributed by atoms with Gasteiger partial charge < -0.3 is 0 Å². The fourth-order valence-electron chi connectivity index (χ4n) is 3.75. The predicted octanol–water partition coefficient (Wildman–Crippen LogP) is 0.246. The first-order chi connectivity index (χ1) is 12.3. The molecular formula is C18H26N6O. The van der Waals surface area contributed by atoms with Crippen molar-refractivity contribution in [3.8, 4) is 0 Å². The third kappa shape index (κ3) is 3.99. The molecule has 134 valence electrons. The third-order valence-electron chi connectivity index (χ3n) is 5.32. The molecule has 0 unspecified atom stereocenters. The number of piperazine rings is 1. The van der Waals surface area contributed by atoms with Gasteiger partial charge in [0.1, 0.15) is 0 Å². The quantitative estimate of drug-likeness (QED) is 0.753. The monoisotopic (exact) mass is 342 g/mol. The Morgan fingerprint density at radius 1 is 0.960 bits per heavy atom. The minimum atomic E-state index is 0.0542. The van der Waals surface area contributed by atoms with Gasteiger partial charge in [-0.1, -0.05) is 0 Å². The van der Waals surface area contributed by atoms with Crippen LogP contribution in [0, 0.1) is 0 Å². The Kier molecular flexibility index (Phi) is 4.94. The molecule has 25 heavy (non-hydrogen) atoms. The summed E-state index contributed by atoms with van der Waals surface area (Å²) in [5.41, 5.74) is 2.34. The summed E-state index contributed by atoms with van der Waals surface area (Å²) in [7, 11) is 0. The van der Waals surface area contributed by atoms with Gasteiger partial charge in [-0.05, 0) is 30.9 Å². The van der Waals surface area contributed by atoms with E-state index in [1.807, 2.05) is 23.1 Å². The van der Waals surface area contributed by atoms with E-state index in [1.165, 1.54) is 0 Å². The molecule has 1 fully saturated rings. The van der Waals surface area contributed by atoms with Crippen LogP contribution in [0.1, 0.15) is 17.7 Å². The van der Waals surface area contributed by atoms with Crippen LogP contribution in [0.3, 0.4) is 0 Å². The van der Waals surface area contributed by atoms with Crippen LogP contribution in [0.4, 0.5) is 0 Å². The third-order valence-corrected chi connectivity index (χ3v) is 5.32. The van der Waals surface area contributed by atoms with Crippen LogP contribution in [-0.4, -0.2) is 68.6 Å². The summed E-state index contributed by atoms with van der Waals surface area (Å²) < 4.78 is 3.65. The maximum absolute atomic E-state index is 12.2. The molecule has 3 heterocycles. The van der Waals surface area contributed by atoms with E-state index in [-0.39, 0.29) is 5.56 Å². The summed E-state index contributed by atoms with van der Waals surface area (Å²) in [6, 6.07) is 3.76. The van der Waals surface area contributed by atoms with Gasteiger partial charge in [-0.3, -0.25) is 19.3 Å². The van der Waals surface area contributed by atoms with Crippen LogP contribution < -0.4 is 5.56 Å². The summed E-state index contributed by atoms with van der Waals surface area (Å²) >= 11 is 0. The summed E-state index contributed by atoms with van der Waals surface area (Å²) in [6.45, 7) is 7.85. The molecule has 0 bridgehead atoms. The first-order valence-electron chi connectivity index (χ1n) is 9.30. The number of nitrogens with zero attached hydrogens (tertiary/aromatic N) is 6. The van der Waals surface area contributed by atoms with Crippen molar-refractivity contribution >= 4 is 0 Å². The number of rotatable bonds is 6. The number of hydrogen-bond acceptors (Lipinski definition) is 5. The molecule has 0 saturated carbocycles. The van der Waals surface area contributed by atoms with Gasteiger partial charge in [-0.15, -0.1) is 0 Å². The average molecular weight is 342 g/mol. The van der Waals surface area contributed by atoms with Crippen LogP contribution in [0.25, 0.3) is 0 Å². The highest BCUT2D eigenvalue weighted by atomic mass is 16.1. The van der Waals surface area contributed by atoms with Crippen LogP contribution in [0.5, 0.6) is 0 Å². The van der Waals surface area contributed by atoms with Crippen LogP contribution in [-0.2, 0) is 25.9 Å². The summed E-state index contributed by atoms with van der Waals surface area (Å²) in [6.07, 6.45) is 7.00. The maximum Gasteiger partial charge on any atom is 0.267 e. The van der Waals surface area contributed by atoms with E-state index in [0.29, 0.717) is 6.54 Å². The van der Waals surface area contributed by atoms with Crippen molar-refractivity contribution in [1.82, 2.24) is 29.4 Å². The van der Waals surface area contributed by atoms with Gasteiger partial charge in [-0.2, -0.15) is 10.2 Å². The minimum absolute atomic E-state index is 0.0542. The lowest BCUT2D eigenvalue weighted by Gasteiger charge is -2.34. The minimum Gasteiger partial charge on any atom is -0.299 e. The SMILES string of the molecule is O=c1cc2c(nn1CCN1CCN(CCn3cccn3)CC1)CCC2. The van der Waals surface area contributed by atoms with Crippen molar-refractivity contribution < 1.29 is 0 Å². The molecule has 2 aromatic heterocycles. The van der Waals surface area contributed by atoms with Crippen molar-refractivity contribution in [1.29, 1.82) is 0 Å². The Morgan fingerprint density at radius 3 is 2.44 bits per heavy atom. The van der Waals surface area contributed by atoms with Gasteiger partial charge in [0.15, 0.2) is 0 Å². The van der Waals surface area contributed by atoms with Gasteiger partial charge in [-0.25, -0.2) is 4.68 Å². The Labute approximate surface area is 147 Å². The van der Waals surface area contributed by atoms with Crippen LogP contribution in [0.2, 0.25) is 0 Å². The second-order valence-electron chi connectivity index (χ2n) is 6.98. The molecule has 0 spiro atoms. The van der Waals surface area contributed by atoms with Gasteiger partial charge in [0, 0.05) is 57.7 Å². The molecule has 2 aliphatic rings. The molecule has 7 heteroatoms. The summed E-state index contributed by atoms with van der Waals surface area (Å²) in [4.78, 5) is 17.1. The zero-order valence-electron chi connectivity index (χ0n) is 14.7. The molecule has 1 aliphatic heterocycles. The van der Waals surface area contributed by atoms with Crippen LogP contribution in [0.15, 0.2) is 29.3 Å². The lowest BCUT2D eigenvalue weighted by Crippen LogP contribution is -2.48. The second kappa shape index (κ2) is 7.49. The van der Waals surface area contributed by atoms with Crippen molar-refractivity contribution in [2.24, 2.45) is 0 Å². The van der Waals surface area contributed by atoms with E-state index in [2.05, 4.69) is 20.0 Å². The Hall–Kier alpha value is -1.99. The van der Waals surface area contributed by atoms with Crippen molar-refractivity contribution in [2.75, 3.05) is 39.3 Å². The van der Waals surface area contributed by atoms with Crippen molar-refractivity contribution in [3.05, 3.63) is 46.1 Å². The standard InChI is InChI=1S/C18H26N6O/c25-18-15-16-3-1-4-17(16)20-24(18)14-12-22-9-7-21(8-10-22)11-13-23-6-2-5-19-23/h2,5-6,15H,1,3-4,7-14H2. The molecule has 4 rings (SSSR count). The molecule has 1 saturated heterocycles. The van der Waals surface area contributed by atoms with E-state index >= 15 is 0 Å². The highest BCUT2D eigenvalue weighted by molar-refractivity contribution is 5.22. The van der Waals surface area contributed by atoms with E-state index in [1.54, 1.807) is 10.7 Å². The first-order valence-corrected chi connectivity index (χ1v) is 9.30. The molecule has 7 nitrogen and oxygen atoms in total. The first kappa shape index (κ1) is 16.5. The predicted molar refractivity (Wildman–Crippen MR) is 95.6 cm³/mol. The van der Waals surface area contributed by atoms with Gasteiger partial charge >= 0.3 is 0 Å². The number of aryl methyl sites for hydroxylation is 2. The van der Waals surface area contributed by atoms with E-state index < -0.39 is 0 Å². The van der Waals surface area contributed by atoms with Gasteiger partial charge in [0.25, 0.3) is 5.56 Å². The van der Waals surface area contributed by atoms with Crippen LogP contribution >= 0.6 is 0 Å². The Balaban J connectivity index is 1.23. The molecule has 0 N–H and O–H groups in total. The maximum atomic E-state index is 12.2. The number of fused-ring (bicyclic) bond motifs is 1.